The Balaban J connectivity index is 1.45. The van der Waals surface area contributed by atoms with Crippen molar-refractivity contribution in [3.05, 3.63) is 29.8 Å². The first-order valence-electron chi connectivity index (χ1n) is 8.45. The average molecular weight is 284 g/mol. The monoisotopic (exact) mass is 284 g/mol. The van der Waals surface area contributed by atoms with E-state index in [4.69, 9.17) is 0 Å². The number of fused-ring (bicyclic) bond motifs is 2. The number of anilines is 1. The summed E-state index contributed by atoms with van der Waals surface area (Å²) in [4.78, 5) is 15.0. The number of hydrogen-bond donors (Lipinski definition) is 1. The molecular weight excluding hydrogens is 260 g/mol. The molecule has 4 rings (SSSR count). The van der Waals surface area contributed by atoms with Gasteiger partial charge >= 0.3 is 0 Å². The molecule has 1 amide bonds. The van der Waals surface area contributed by atoms with Gasteiger partial charge in [0.15, 0.2) is 0 Å². The highest BCUT2D eigenvalue weighted by atomic mass is 16.2. The summed E-state index contributed by atoms with van der Waals surface area (Å²) in [5, 5.41) is 3.43. The van der Waals surface area contributed by atoms with Gasteiger partial charge in [-0.05, 0) is 36.8 Å². The molecule has 3 unspecified atom stereocenters. The molecule has 0 spiro atoms. The predicted molar refractivity (Wildman–Crippen MR) is 84.4 cm³/mol. The van der Waals surface area contributed by atoms with Gasteiger partial charge in [0, 0.05) is 37.2 Å². The van der Waals surface area contributed by atoms with Crippen molar-refractivity contribution in [2.24, 2.45) is 5.92 Å². The lowest BCUT2D eigenvalue weighted by Gasteiger charge is -2.32. The van der Waals surface area contributed by atoms with E-state index < -0.39 is 0 Å². The zero-order valence-electron chi connectivity index (χ0n) is 12.6. The lowest BCUT2D eigenvalue weighted by molar-refractivity contribution is -0.133. The van der Waals surface area contributed by atoms with Crippen molar-refractivity contribution in [1.82, 2.24) is 4.90 Å². The molecule has 1 saturated heterocycles. The number of carbonyl (C=O) groups excluding carboxylic acids is 1. The number of hydrogen-bond acceptors (Lipinski definition) is 2. The number of carbonyl (C=O) groups is 1. The number of rotatable bonds is 2. The zero-order chi connectivity index (χ0) is 14.2. The lowest BCUT2D eigenvalue weighted by atomic mass is 9.85. The van der Waals surface area contributed by atoms with Crippen molar-refractivity contribution in [1.29, 1.82) is 0 Å². The standard InChI is InChI=1S/C18H24N2O/c21-18(20-10-9-13-5-1-4-8-17(13)20)11-14-12-19-16-7-3-2-6-15(14)16/h2-3,6-7,13-14,17,19H,1,4-5,8-12H2. The van der Waals surface area contributed by atoms with E-state index >= 15 is 0 Å². The first-order chi connectivity index (χ1) is 10.3. The van der Waals surface area contributed by atoms with Gasteiger partial charge in [-0.15, -0.1) is 0 Å². The van der Waals surface area contributed by atoms with Crippen LogP contribution in [0.5, 0.6) is 0 Å². The van der Waals surface area contributed by atoms with Gasteiger partial charge in [-0.25, -0.2) is 0 Å². The second-order valence-electron chi connectivity index (χ2n) is 6.86. The Labute approximate surface area is 126 Å². The van der Waals surface area contributed by atoms with Gasteiger partial charge in [0.1, 0.15) is 0 Å². The second-order valence-corrected chi connectivity index (χ2v) is 6.86. The molecule has 2 heterocycles. The van der Waals surface area contributed by atoms with Crippen molar-refractivity contribution in [2.45, 2.75) is 50.5 Å². The number of amides is 1. The average Bonchev–Trinajstić information content (AvgIpc) is 3.12. The zero-order valence-corrected chi connectivity index (χ0v) is 12.6. The number of para-hydroxylation sites is 1. The fourth-order valence-corrected chi connectivity index (χ4v) is 4.58. The Morgan fingerprint density at radius 3 is 3.00 bits per heavy atom. The van der Waals surface area contributed by atoms with Crippen LogP contribution in [0.1, 0.15) is 50.0 Å². The molecule has 3 heteroatoms. The molecule has 112 valence electrons. The van der Waals surface area contributed by atoms with Crippen LogP contribution in [0.25, 0.3) is 0 Å². The van der Waals surface area contributed by atoms with Crippen LogP contribution >= 0.6 is 0 Å². The van der Waals surface area contributed by atoms with E-state index in [9.17, 15) is 4.79 Å². The molecule has 3 aliphatic rings. The quantitative estimate of drug-likeness (QED) is 0.903. The smallest absolute Gasteiger partial charge is 0.223 e. The predicted octanol–water partition coefficient (Wildman–Crippen LogP) is 3.38. The van der Waals surface area contributed by atoms with E-state index in [1.807, 2.05) is 0 Å². The fourth-order valence-electron chi connectivity index (χ4n) is 4.58. The summed E-state index contributed by atoms with van der Waals surface area (Å²) in [6.07, 6.45) is 7.14. The highest BCUT2D eigenvalue weighted by Crippen LogP contribution is 2.38. The third kappa shape index (κ3) is 2.33. The van der Waals surface area contributed by atoms with Crippen LogP contribution in [0.2, 0.25) is 0 Å². The maximum Gasteiger partial charge on any atom is 0.223 e. The first-order valence-corrected chi connectivity index (χ1v) is 8.45. The minimum absolute atomic E-state index is 0.358. The Morgan fingerprint density at radius 2 is 2.05 bits per heavy atom. The van der Waals surface area contributed by atoms with Crippen molar-refractivity contribution in [3.63, 3.8) is 0 Å². The van der Waals surface area contributed by atoms with Crippen LogP contribution in [-0.4, -0.2) is 29.9 Å². The third-order valence-electron chi connectivity index (χ3n) is 5.69. The fraction of sp³-hybridized carbons (Fsp3) is 0.611. The molecule has 0 aromatic heterocycles. The second kappa shape index (κ2) is 5.36. The normalized spacial score (nSPS) is 30.7. The maximum atomic E-state index is 12.8. The van der Waals surface area contributed by atoms with Crippen LogP contribution in [0, 0.1) is 5.92 Å². The van der Waals surface area contributed by atoms with Crippen LogP contribution in [0.3, 0.4) is 0 Å². The lowest BCUT2D eigenvalue weighted by Crippen LogP contribution is -2.39. The summed E-state index contributed by atoms with van der Waals surface area (Å²) in [5.41, 5.74) is 2.54. The van der Waals surface area contributed by atoms with Gasteiger partial charge in [0.2, 0.25) is 5.91 Å². The first kappa shape index (κ1) is 13.2. The van der Waals surface area contributed by atoms with Crippen molar-refractivity contribution < 1.29 is 4.79 Å². The van der Waals surface area contributed by atoms with Crippen molar-refractivity contribution in [2.75, 3.05) is 18.4 Å². The van der Waals surface area contributed by atoms with Crippen molar-refractivity contribution >= 4 is 11.6 Å². The molecule has 3 atom stereocenters. The maximum absolute atomic E-state index is 12.8. The topological polar surface area (TPSA) is 32.3 Å². The van der Waals surface area contributed by atoms with Gasteiger partial charge in [0.25, 0.3) is 0 Å². The SMILES string of the molecule is O=C(CC1CNc2ccccc21)N1CCC2CCCCC21. The largest absolute Gasteiger partial charge is 0.384 e. The highest BCUT2D eigenvalue weighted by molar-refractivity contribution is 5.79. The van der Waals surface area contributed by atoms with Gasteiger partial charge in [-0.3, -0.25) is 4.79 Å². The van der Waals surface area contributed by atoms with E-state index in [1.54, 1.807) is 0 Å². The Hall–Kier alpha value is -1.51. The molecular formula is C18H24N2O. The van der Waals surface area contributed by atoms with E-state index in [2.05, 4.69) is 34.5 Å². The molecule has 0 radical (unpaired) electrons. The Morgan fingerprint density at radius 1 is 1.19 bits per heavy atom. The van der Waals surface area contributed by atoms with Gasteiger partial charge in [0.05, 0.1) is 0 Å². The minimum atomic E-state index is 0.358. The summed E-state index contributed by atoms with van der Waals surface area (Å²) in [7, 11) is 0. The minimum Gasteiger partial charge on any atom is -0.384 e. The highest BCUT2D eigenvalue weighted by Gasteiger charge is 2.39. The van der Waals surface area contributed by atoms with Crippen LogP contribution in [0.4, 0.5) is 5.69 Å². The molecule has 1 N–H and O–H groups in total. The molecule has 0 bridgehead atoms. The molecule has 21 heavy (non-hydrogen) atoms. The van der Waals surface area contributed by atoms with Crippen LogP contribution in [0.15, 0.2) is 24.3 Å². The molecule has 3 nitrogen and oxygen atoms in total. The van der Waals surface area contributed by atoms with Crippen LogP contribution < -0.4 is 5.32 Å². The van der Waals surface area contributed by atoms with E-state index in [-0.39, 0.29) is 0 Å². The molecule has 1 aromatic rings. The molecule has 1 aliphatic carbocycles. The van der Waals surface area contributed by atoms with Crippen molar-refractivity contribution in [3.8, 4) is 0 Å². The van der Waals surface area contributed by atoms with E-state index in [0.717, 1.165) is 19.0 Å². The number of nitrogens with zero attached hydrogens (tertiary/aromatic N) is 1. The third-order valence-corrected chi connectivity index (χ3v) is 5.69. The van der Waals surface area contributed by atoms with E-state index in [1.165, 1.54) is 43.4 Å². The Bertz CT molecular complexity index is 542. The number of benzene rings is 1. The summed E-state index contributed by atoms with van der Waals surface area (Å²) in [6, 6.07) is 8.98. The number of likely N-dealkylation sites (tertiary alicyclic amines) is 1. The summed E-state index contributed by atoms with van der Waals surface area (Å²) < 4.78 is 0. The van der Waals surface area contributed by atoms with Gasteiger partial charge in [-0.1, -0.05) is 31.0 Å². The molecule has 1 saturated carbocycles. The van der Waals surface area contributed by atoms with Gasteiger partial charge in [-0.2, -0.15) is 0 Å². The summed E-state index contributed by atoms with van der Waals surface area (Å²) >= 11 is 0. The van der Waals surface area contributed by atoms with E-state index in [0.29, 0.717) is 24.3 Å². The summed E-state index contributed by atoms with van der Waals surface area (Å²) in [5.74, 6) is 1.53. The molecule has 1 aromatic carbocycles. The Kier molecular flexibility index (Phi) is 3.36. The number of nitrogens with one attached hydrogen (secondary N) is 1. The molecule has 2 aliphatic heterocycles. The molecule has 2 fully saturated rings. The van der Waals surface area contributed by atoms with Gasteiger partial charge < -0.3 is 10.2 Å². The summed E-state index contributed by atoms with van der Waals surface area (Å²) in [6.45, 7) is 1.91. The van der Waals surface area contributed by atoms with Crippen LogP contribution in [-0.2, 0) is 4.79 Å².